The maximum absolute atomic E-state index is 8.51. The first-order valence-corrected chi connectivity index (χ1v) is 15.2. The summed E-state index contributed by atoms with van der Waals surface area (Å²) in [6.07, 6.45) is 2.03. The summed E-state index contributed by atoms with van der Waals surface area (Å²) < 4.78 is 22.9. The van der Waals surface area contributed by atoms with Crippen molar-refractivity contribution in [3.8, 4) is 22.5 Å². The SMILES string of the molecule is CC(C)(c1ccccc1)c1ccc[c-]c1-c1ccccn1.[2H]C([2H])(c1ccnc(-c2[c-]cc3oc4ccccc4c3c2)c1)C(C)(C)C.[Ir]. The number of furan rings is 1. The maximum atomic E-state index is 8.51. The maximum Gasteiger partial charge on any atom is 0.120 e. The second-order valence-corrected chi connectivity index (χ2v) is 12.7. The fourth-order valence-corrected chi connectivity index (χ4v) is 5.60. The summed E-state index contributed by atoms with van der Waals surface area (Å²) in [6.45, 7) is 10.2. The minimum absolute atomic E-state index is 0. The summed E-state index contributed by atoms with van der Waals surface area (Å²) in [6, 6.07) is 44.7. The number of rotatable bonds is 5. The number of aromatic nitrogens is 2. The van der Waals surface area contributed by atoms with Crippen molar-refractivity contribution in [2.45, 2.75) is 46.4 Å². The van der Waals surface area contributed by atoms with Crippen molar-refractivity contribution in [3.63, 3.8) is 0 Å². The summed E-state index contributed by atoms with van der Waals surface area (Å²) in [5, 5.41) is 2.07. The third-order valence-corrected chi connectivity index (χ3v) is 7.81. The van der Waals surface area contributed by atoms with Gasteiger partial charge in [0.1, 0.15) is 5.58 Å². The van der Waals surface area contributed by atoms with Crippen LogP contribution in [0.1, 0.15) is 54.1 Å². The molecule has 0 unspecified atom stereocenters. The summed E-state index contributed by atoms with van der Waals surface area (Å²) in [5.74, 6) is 0. The Labute approximate surface area is 288 Å². The van der Waals surface area contributed by atoms with Crippen molar-refractivity contribution in [3.05, 3.63) is 156 Å². The molecular weight excluding hydrogens is 741 g/mol. The molecule has 0 atom stereocenters. The molecule has 0 aliphatic heterocycles. The number of benzene rings is 4. The van der Waals surface area contributed by atoms with Crippen molar-refractivity contribution in [1.29, 1.82) is 0 Å². The van der Waals surface area contributed by atoms with Crippen molar-refractivity contribution in [1.82, 2.24) is 9.97 Å². The van der Waals surface area contributed by atoms with Crippen molar-refractivity contribution < 1.29 is 27.3 Å². The van der Waals surface area contributed by atoms with E-state index in [9.17, 15) is 0 Å². The van der Waals surface area contributed by atoms with Crippen LogP contribution >= 0.6 is 0 Å². The molecule has 0 saturated carbocycles. The van der Waals surface area contributed by atoms with E-state index >= 15 is 0 Å². The van der Waals surface area contributed by atoms with Gasteiger partial charge in [0, 0.05) is 40.6 Å². The molecule has 46 heavy (non-hydrogen) atoms. The Hall–Kier alpha value is -4.37. The Bertz CT molecular complexity index is 2130. The minimum atomic E-state index is -1.46. The van der Waals surface area contributed by atoms with Crippen molar-refractivity contribution in [2.75, 3.05) is 0 Å². The van der Waals surface area contributed by atoms with Gasteiger partial charge in [-0.25, -0.2) is 0 Å². The normalized spacial score (nSPS) is 12.5. The van der Waals surface area contributed by atoms with Gasteiger partial charge in [0.15, 0.2) is 0 Å². The van der Waals surface area contributed by atoms with Crippen LogP contribution < -0.4 is 0 Å². The van der Waals surface area contributed by atoms with Gasteiger partial charge < -0.3 is 14.4 Å². The predicted octanol–water partition coefficient (Wildman–Crippen LogP) is 10.9. The van der Waals surface area contributed by atoms with E-state index in [1.165, 1.54) is 11.1 Å². The molecule has 0 saturated heterocycles. The van der Waals surface area contributed by atoms with Crippen LogP contribution in [0, 0.1) is 17.5 Å². The van der Waals surface area contributed by atoms with E-state index in [0.717, 1.165) is 38.8 Å². The van der Waals surface area contributed by atoms with E-state index in [1.807, 2.05) is 99.8 Å². The molecule has 4 aromatic carbocycles. The fraction of sp³-hybridized carbons (Fsp3) is 0.190. The molecule has 0 aliphatic carbocycles. The van der Waals surface area contributed by atoms with Gasteiger partial charge in [0.2, 0.25) is 0 Å². The van der Waals surface area contributed by atoms with E-state index in [0.29, 0.717) is 11.3 Å². The molecular formula is C42H38IrN2O-2. The van der Waals surface area contributed by atoms with Crippen LogP contribution in [0.5, 0.6) is 0 Å². The first-order chi connectivity index (χ1) is 22.5. The number of fused-ring (bicyclic) bond motifs is 3. The number of para-hydroxylation sites is 1. The van der Waals surface area contributed by atoms with Crippen LogP contribution in [0.3, 0.4) is 0 Å². The first-order valence-electron chi connectivity index (χ1n) is 16.2. The molecule has 233 valence electrons. The molecule has 4 heteroatoms. The summed E-state index contributed by atoms with van der Waals surface area (Å²) >= 11 is 0. The quantitative estimate of drug-likeness (QED) is 0.163. The van der Waals surface area contributed by atoms with Gasteiger partial charge in [-0.2, -0.15) is 0 Å². The molecule has 0 spiro atoms. The van der Waals surface area contributed by atoms with Gasteiger partial charge >= 0.3 is 0 Å². The molecule has 0 aliphatic rings. The third kappa shape index (κ3) is 7.36. The van der Waals surface area contributed by atoms with E-state index < -0.39 is 11.8 Å². The first kappa shape index (κ1) is 30.3. The number of pyridine rings is 2. The Kier molecular flexibility index (Phi) is 9.19. The number of hydrogen-bond donors (Lipinski definition) is 0. The number of nitrogens with zero attached hydrogens (tertiary/aromatic N) is 2. The Morgan fingerprint density at radius 3 is 2.20 bits per heavy atom. The van der Waals surface area contributed by atoms with E-state index in [-0.39, 0.29) is 25.5 Å². The molecule has 0 amide bonds. The van der Waals surface area contributed by atoms with Crippen LogP contribution in [0.15, 0.2) is 132 Å². The second-order valence-electron chi connectivity index (χ2n) is 12.7. The Morgan fingerprint density at radius 1 is 0.696 bits per heavy atom. The molecule has 3 aromatic heterocycles. The van der Waals surface area contributed by atoms with Gasteiger partial charge in [-0.05, 0) is 52.4 Å². The topological polar surface area (TPSA) is 38.9 Å². The zero-order chi connectivity index (χ0) is 33.2. The van der Waals surface area contributed by atoms with Gasteiger partial charge in [0.25, 0.3) is 0 Å². The fourth-order valence-electron chi connectivity index (χ4n) is 5.60. The third-order valence-electron chi connectivity index (χ3n) is 7.81. The Balaban J connectivity index is 0.000000188. The summed E-state index contributed by atoms with van der Waals surface area (Å²) in [7, 11) is 0. The van der Waals surface area contributed by atoms with Crippen LogP contribution in [0.25, 0.3) is 44.5 Å². The molecule has 0 fully saturated rings. The van der Waals surface area contributed by atoms with Crippen molar-refractivity contribution >= 4 is 21.9 Å². The van der Waals surface area contributed by atoms with Gasteiger partial charge in [-0.3, -0.25) is 0 Å². The molecule has 0 bridgehead atoms. The summed E-state index contributed by atoms with van der Waals surface area (Å²) in [4.78, 5) is 8.93. The molecule has 1 radical (unpaired) electrons. The molecule has 3 heterocycles. The van der Waals surface area contributed by atoms with Gasteiger partial charge in [-0.1, -0.05) is 112 Å². The van der Waals surface area contributed by atoms with Gasteiger partial charge in [0.05, 0.1) is 5.58 Å². The van der Waals surface area contributed by atoms with E-state index in [2.05, 4.69) is 72.3 Å². The average molecular weight is 781 g/mol. The van der Waals surface area contributed by atoms with Gasteiger partial charge in [-0.15, -0.1) is 59.2 Å². The molecule has 7 aromatic rings. The molecule has 3 nitrogen and oxygen atoms in total. The Morgan fingerprint density at radius 2 is 1.43 bits per heavy atom. The van der Waals surface area contributed by atoms with E-state index in [4.69, 9.17) is 7.16 Å². The van der Waals surface area contributed by atoms with Crippen molar-refractivity contribution in [2.24, 2.45) is 5.41 Å². The zero-order valence-electron chi connectivity index (χ0n) is 28.8. The predicted molar refractivity (Wildman–Crippen MR) is 186 cm³/mol. The van der Waals surface area contributed by atoms with Crippen LogP contribution in [0.4, 0.5) is 0 Å². The number of hydrogen-bond acceptors (Lipinski definition) is 3. The standard InChI is InChI=1S/C22H20NO.C20H18N.Ir/c1-22(2,3)14-15-10-11-23-19(12-15)16-8-9-21-18(13-16)17-6-4-5-7-20(17)24-21;1-20(2,16-10-4-3-5-11-16)18-13-7-6-12-17(18)19-14-8-9-15-21-19;/h4-7,9-13H,14H2,1-3H3;3-11,13-15H,1-2H3;/q2*-1;/i14D2;;. The minimum Gasteiger partial charge on any atom is -0.500 e. The van der Waals surface area contributed by atoms with E-state index in [1.54, 1.807) is 12.3 Å². The monoisotopic (exact) mass is 781 g/mol. The van der Waals surface area contributed by atoms with Crippen LogP contribution in [-0.4, -0.2) is 9.97 Å². The second kappa shape index (κ2) is 14.0. The molecule has 7 rings (SSSR count). The molecule has 0 N–H and O–H groups in total. The largest absolute Gasteiger partial charge is 0.500 e. The average Bonchev–Trinajstić information content (AvgIpc) is 3.47. The van der Waals surface area contributed by atoms with Crippen LogP contribution in [-0.2, 0) is 31.9 Å². The smallest absolute Gasteiger partial charge is 0.120 e. The summed E-state index contributed by atoms with van der Waals surface area (Å²) in [5.41, 5.74) is 7.78. The zero-order valence-corrected chi connectivity index (χ0v) is 29.2. The van der Waals surface area contributed by atoms with Crippen LogP contribution in [0.2, 0.25) is 0 Å².